The maximum Gasteiger partial charge on any atom is 0.264 e. The summed E-state index contributed by atoms with van der Waals surface area (Å²) in [5.74, 6) is 0.691. The summed E-state index contributed by atoms with van der Waals surface area (Å²) in [5.41, 5.74) is 0.881. The quantitative estimate of drug-likeness (QED) is 0.686. The first kappa shape index (κ1) is 17.1. The van der Waals surface area contributed by atoms with E-state index in [1.54, 1.807) is 16.9 Å². The van der Waals surface area contributed by atoms with Crippen LogP contribution in [0.4, 0.5) is 0 Å². The van der Waals surface area contributed by atoms with Crippen LogP contribution in [-0.2, 0) is 6.67 Å². The fourth-order valence-electron chi connectivity index (χ4n) is 2.85. The number of rotatable bonds is 4. The molecule has 1 aliphatic rings. The number of hydrogen-bond acceptors (Lipinski definition) is 6. The zero-order chi connectivity index (χ0) is 17.9. The third-order valence-electron chi connectivity index (χ3n) is 4.27. The van der Waals surface area contributed by atoms with Crippen molar-refractivity contribution in [1.29, 1.82) is 0 Å². The van der Waals surface area contributed by atoms with Crippen LogP contribution in [-0.4, -0.2) is 62.1 Å². The summed E-state index contributed by atoms with van der Waals surface area (Å²) >= 11 is 7.39. The maximum absolute atomic E-state index is 12.4. The van der Waals surface area contributed by atoms with Crippen LogP contribution in [0.15, 0.2) is 41.8 Å². The van der Waals surface area contributed by atoms with Crippen LogP contribution in [0.2, 0.25) is 5.02 Å². The summed E-state index contributed by atoms with van der Waals surface area (Å²) in [6, 6.07) is 11.1. The molecule has 0 atom stereocenters. The molecule has 0 radical (unpaired) electrons. The van der Waals surface area contributed by atoms with Crippen molar-refractivity contribution in [2.75, 3.05) is 26.2 Å². The molecule has 0 unspecified atom stereocenters. The van der Waals surface area contributed by atoms with E-state index < -0.39 is 0 Å². The lowest BCUT2D eigenvalue weighted by molar-refractivity contribution is 0.0579. The highest BCUT2D eigenvalue weighted by Crippen LogP contribution is 2.17. The van der Waals surface area contributed by atoms with Crippen LogP contribution in [0.1, 0.15) is 9.67 Å². The minimum absolute atomic E-state index is 0.114. The SMILES string of the molecule is O=C(c1cccs1)N1CCN(Cn2nnc(-c3ccc(Cl)cc3)n2)CC1. The monoisotopic (exact) mass is 388 g/mol. The molecule has 4 rings (SSSR count). The number of hydrogen-bond donors (Lipinski definition) is 0. The van der Waals surface area contributed by atoms with Crippen molar-refractivity contribution in [2.24, 2.45) is 0 Å². The van der Waals surface area contributed by atoms with E-state index in [1.165, 1.54) is 11.3 Å². The van der Waals surface area contributed by atoms with Gasteiger partial charge in [-0.1, -0.05) is 17.7 Å². The Balaban J connectivity index is 1.33. The topological polar surface area (TPSA) is 67.2 Å². The number of piperazine rings is 1. The fourth-order valence-corrected chi connectivity index (χ4v) is 3.66. The number of nitrogens with zero attached hydrogens (tertiary/aromatic N) is 6. The van der Waals surface area contributed by atoms with Crippen molar-refractivity contribution in [3.8, 4) is 11.4 Å². The predicted octanol–water partition coefficient (Wildman–Crippen LogP) is 2.47. The van der Waals surface area contributed by atoms with E-state index in [4.69, 9.17) is 11.6 Å². The minimum atomic E-state index is 0.114. The molecule has 134 valence electrons. The average molecular weight is 389 g/mol. The summed E-state index contributed by atoms with van der Waals surface area (Å²) in [4.78, 5) is 18.9. The van der Waals surface area contributed by atoms with Gasteiger partial charge < -0.3 is 4.90 Å². The highest BCUT2D eigenvalue weighted by atomic mass is 35.5. The first-order valence-corrected chi connectivity index (χ1v) is 9.54. The van der Waals surface area contributed by atoms with Gasteiger partial charge in [0.25, 0.3) is 5.91 Å². The number of amides is 1. The first-order valence-electron chi connectivity index (χ1n) is 8.28. The molecule has 2 aromatic heterocycles. The van der Waals surface area contributed by atoms with Crippen LogP contribution in [0.25, 0.3) is 11.4 Å². The standard InChI is InChI=1S/C17H17ClN6OS/c18-14-5-3-13(4-6-14)16-19-21-24(20-16)12-22-7-9-23(10-8-22)17(25)15-2-1-11-26-15/h1-6,11H,7-10,12H2. The van der Waals surface area contributed by atoms with Gasteiger partial charge in [0, 0.05) is 36.8 Å². The Kier molecular flexibility index (Phi) is 4.96. The van der Waals surface area contributed by atoms with Gasteiger partial charge in [0.05, 0.1) is 4.88 Å². The molecule has 0 aliphatic carbocycles. The number of carbonyl (C=O) groups excluding carboxylic acids is 1. The zero-order valence-corrected chi connectivity index (χ0v) is 15.5. The second kappa shape index (κ2) is 7.53. The lowest BCUT2D eigenvalue weighted by atomic mass is 10.2. The molecule has 0 saturated carbocycles. The first-order chi connectivity index (χ1) is 12.7. The summed E-state index contributed by atoms with van der Waals surface area (Å²) in [7, 11) is 0. The second-order valence-corrected chi connectivity index (χ2v) is 7.41. The molecule has 1 fully saturated rings. The summed E-state index contributed by atoms with van der Waals surface area (Å²) in [5, 5.41) is 15.3. The van der Waals surface area contributed by atoms with Crippen molar-refractivity contribution >= 4 is 28.8 Å². The largest absolute Gasteiger partial charge is 0.335 e. The molecule has 0 spiro atoms. The van der Waals surface area contributed by atoms with E-state index in [1.807, 2.05) is 34.5 Å². The third kappa shape index (κ3) is 3.77. The second-order valence-electron chi connectivity index (χ2n) is 6.02. The third-order valence-corrected chi connectivity index (χ3v) is 5.38. The normalized spacial score (nSPS) is 15.3. The number of thiophene rings is 1. The number of aromatic nitrogens is 4. The van der Waals surface area contributed by atoms with Crippen LogP contribution in [0, 0.1) is 0 Å². The van der Waals surface area contributed by atoms with E-state index in [0.717, 1.165) is 23.5 Å². The van der Waals surface area contributed by atoms with E-state index in [-0.39, 0.29) is 5.91 Å². The predicted molar refractivity (Wildman–Crippen MR) is 100 cm³/mol. The van der Waals surface area contributed by atoms with Crippen molar-refractivity contribution in [2.45, 2.75) is 6.67 Å². The van der Waals surface area contributed by atoms with E-state index in [0.29, 0.717) is 30.6 Å². The fraction of sp³-hybridized carbons (Fsp3) is 0.294. The molecule has 3 aromatic rings. The van der Waals surface area contributed by atoms with Crippen molar-refractivity contribution in [3.05, 3.63) is 51.7 Å². The Hall–Kier alpha value is -2.29. The highest BCUT2D eigenvalue weighted by Gasteiger charge is 2.23. The Morgan fingerprint density at radius 1 is 1.12 bits per heavy atom. The van der Waals surface area contributed by atoms with Gasteiger partial charge in [-0.15, -0.1) is 26.3 Å². The number of benzene rings is 1. The molecular formula is C17H17ClN6OS. The lowest BCUT2D eigenvalue weighted by Gasteiger charge is -2.33. The van der Waals surface area contributed by atoms with Gasteiger partial charge in [-0.05, 0) is 40.9 Å². The minimum Gasteiger partial charge on any atom is -0.335 e. The van der Waals surface area contributed by atoms with Gasteiger partial charge in [0.2, 0.25) is 5.82 Å². The van der Waals surface area contributed by atoms with Crippen LogP contribution in [0.5, 0.6) is 0 Å². The van der Waals surface area contributed by atoms with Crippen molar-refractivity contribution < 1.29 is 4.79 Å². The van der Waals surface area contributed by atoms with Gasteiger partial charge in [-0.25, -0.2) is 0 Å². The molecule has 7 nitrogen and oxygen atoms in total. The van der Waals surface area contributed by atoms with Gasteiger partial charge in [0.15, 0.2) is 0 Å². The molecule has 1 amide bonds. The molecule has 9 heteroatoms. The van der Waals surface area contributed by atoms with Crippen molar-refractivity contribution in [1.82, 2.24) is 30.0 Å². The van der Waals surface area contributed by atoms with Gasteiger partial charge in [-0.3, -0.25) is 9.69 Å². The van der Waals surface area contributed by atoms with E-state index >= 15 is 0 Å². The number of carbonyl (C=O) groups is 1. The molecule has 26 heavy (non-hydrogen) atoms. The molecule has 1 aliphatic heterocycles. The smallest absolute Gasteiger partial charge is 0.264 e. The summed E-state index contributed by atoms with van der Waals surface area (Å²) in [6.45, 7) is 3.54. The molecule has 0 bridgehead atoms. The van der Waals surface area contributed by atoms with Crippen LogP contribution < -0.4 is 0 Å². The zero-order valence-electron chi connectivity index (χ0n) is 14.0. The molecular weight excluding hydrogens is 372 g/mol. The maximum atomic E-state index is 12.4. The van der Waals surface area contributed by atoms with Gasteiger partial charge in [-0.2, -0.15) is 0 Å². The highest BCUT2D eigenvalue weighted by molar-refractivity contribution is 7.12. The summed E-state index contributed by atoms with van der Waals surface area (Å²) in [6.07, 6.45) is 0. The van der Waals surface area contributed by atoms with E-state index in [9.17, 15) is 4.79 Å². The molecule has 1 saturated heterocycles. The Bertz CT molecular complexity index is 871. The molecule has 0 N–H and O–H groups in total. The Labute approximate surface area is 159 Å². The van der Waals surface area contributed by atoms with Crippen LogP contribution >= 0.6 is 22.9 Å². The van der Waals surface area contributed by atoms with Gasteiger partial charge >= 0.3 is 0 Å². The number of tetrazole rings is 1. The number of halogens is 1. The van der Waals surface area contributed by atoms with E-state index in [2.05, 4.69) is 20.3 Å². The van der Waals surface area contributed by atoms with Crippen molar-refractivity contribution in [3.63, 3.8) is 0 Å². The Morgan fingerprint density at radius 2 is 1.88 bits per heavy atom. The molecule has 1 aromatic carbocycles. The molecule has 3 heterocycles. The van der Waals surface area contributed by atoms with Crippen LogP contribution in [0.3, 0.4) is 0 Å². The average Bonchev–Trinajstić information content (AvgIpc) is 3.35. The Morgan fingerprint density at radius 3 is 2.58 bits per heavy atom. The summed E-state index contributed by atoms with van der Waals surface area (Å²) < 4.78 is 0. The lowest BCUT2D eigenvalue weighted by Crippen LogP contribution is -2.49. The van der Waals surface area contributed by atoms with Gasteiger partial charge in [0.1, 0.15) is 6.67 Å².